The van der Waals surface area contributed by atoms with Crippen LogP contribution in [0.2, 0.25) is 0 Å². The highest BCUT2D eigenvalue weighted by Crippen LogP contribution is 2.23. The number of rotatable bonds is 4. The largest absolute Gasteiger partial charge is 0.391 e. The Hall–Kier alpha value is -2.21. The molecule has 6 heteroatoms. The Labute approximate surface area is 134 Å². The van der Waals surface area contributed by atoms with Crippen LogP contribution in [0.25, 0.3) is 0 Å². The molecular formula is C17H20FN3O2. The van der Waals surface area contributed by atoms with Crippen molar-refractivity contribution < 1.29 is 14.3 Å². The van der Waals surface area contributed by atoms with Gasteiger partial charge in [-0.25, -0.2) is 4.39 Å². The summed E-state index contributed by atoms with van der Waals surface area (Å²) in [5.41, 5.74) is 0.880. The van der Waals surface area contributed by atoms with Gasteiger partial charge in [0.2, 0.25) is 5.91 Å². The monoisotopic (exact) mass is 317 g/mol. The van der Waals surface area contributed by atoms with Crippen LogP contribution < -0.4 is 0 Å². The summed E-state index contributed by atoms with van der Waals surface area (Å²) < 4.78 is 14.8. The highest BCUT2D eigenvalue weighted by molar-refractivity contribution is 5.76. The SMILES string of the molecule is O=C(Cn1cccn1)N1CC[C@H](Cc2cccc(F)c2)[C@H](O)C1. The number of β-amino-alcohol motifs (C(OH)–C–C–N with tert-alkyl or cyclic N) is 1. The smallest absolute Gasteiger partial charge is 0.244 e. The van der Waals surface area contributed by atoms with Gasteiger partial charge in [0.05, 0.1) is 6.10 Å². The summed E-state index contributed by atoms with van der Waals surface area (Å²) >= 11 is 0. The second-order valence-corrected chi connectivity index (χ2v) is 5.99. The van der Waals surface area contributed by atoms with Gasteiger partial charge >= 0.3 is 0 Å². The van der Waals surface area contributed by atoms with E-state index in [0.717, 1.165) is 5.56 Å². The molecule has 0 aliphatic carbocycles. The lowest BCUT2D eigenvalue weighted by molar-refractivity contribution is -0.136. The molecular weight excluding hydrogens is 297 g/mol. The number of halogens is 1. The molecule has 0 unspecified atom stereocenters. The molecule has 5 nitrogen and oxygen atoms in total. The number of aliphatic hydroxyl groups excluding tert-OH is 1. The van der Waals surface area contributed by atoms with Crippen LogP contribution in [0.1, 0.15) is 12.0 Å². The molecule has 3 rings (SSSR count). The van der Waals surface area contributed by atoms with Crippen LogP contribution in [0, 0.1) is 11.7 Å². The zero-order chi connectivity index (χ0) is 16.2. The fourth-order valence-corrected chi connectivity index (χ4v) is 3.04. The number of hydrogen-bond acceptors (Lipinski definition) is 3. The maximum atomic E-state index is 13.2. The zero-order valence-corrected chi connectivity index (χ0v) is 12.8. The van der Waals surface area contributed by atoms with Crippen molar-refractivity contribution in [3.63, 3.8) is 0 Å². The summed E-state index contributed by atoms with van der Waals surface area (Å²) in [7, 11) is 0. The van der Waals surface area contributed by atoms with Crippen molar-refractivity contribution in [3.8, 4) is 0 Å². The Kier molecular flexibility index (Phi) is 4.71. The van der Waals surface area contributed by atoms with E-state index in [9.17, 15) is 14.3 Å². The second-order valence-electron chi connectivity index (χ2n) is 5.99. The van der Waals surface area contributed by atoms with Gasteiger partial charge in [-0.05, 0) is 42.5 Å². The van der Waals surface area contributed by atoms with Crippen LogP contribution in [0.4, 0.5) is 4.39 Å². The molecule has 1 aliphatic rings. The van der Waals surface area contributed by atoms with Crippen molar-refractivity contribution in [1.82, 2.24) is 14.7 Å². The molecule has 2 heterocycles. The minimum Gasteiger partial charge on any atom is -0.391 e. The molecule has 1 amide bonds. The zero-order valence-electron chi connectivity index (χ0n) is 12.8. The molecule has 1 aromatic heterocycles. The molecule has 1 N–H and O–H groups in total. The van der Waals surface area contributed by atoms with Gasteiger partial charge in [-0.1, -0.05) is 12.1 Å². The van der Waals surface area contributed by atoms with Gasteiger partial charge in [0.1, 0.15) is 12.4 Å². The Bertz CT molecular complexity index is 660. The number of nitrogens with zero attached hydrogens (tertiary/aromatic N) is 3. The van der Waals surface area contributed by atoms with Crippen molar-refractivity contribution in [2.24, 2.45) is 5.92 Å². The fraction of sp³-hybridized carbons (Fsp3) is 0.412. The maximum absolute atomic E-state index is 13.2. The summed E-state index contributed by atoms with van der Waals surface area (Å²) in [5, 5.41) is 14.4. The van der Waals surface area contributed by atoms with Crippen LogP contribution >= 0.6 is 0 Å². The highest BCUT2D eigenvalue weighted by atomic mass is 19.1. The number of aliphatic hydroxyl groups is 1. The Morgan fingerprint density at radius 3 is 2.96 bits per heavy atom. The first-order valence-electron chi connectivity index (χ1n) is 7.79. The fourth-order valence-electron chi connectivity index (χ4n) is 3.04. The van der Waals surface area contributed by atoms with Gasteiger partial charge in [0, 0.05) is 25.5 Å². The third kappa shape index (κ3) is 3.96. The number of hydrogen-bond donors (Lipinski definition) is 1. The van der Waals surface area contributed by atoms with E-state index in [4.69, 9.17) is 0 Å². The normalized spacial score (nSPS) is 21.4. The number of benzene rings is 1. The van der Waals surface area contributed by atoms with Crippen LogP contribution in [0.15, 0.2) is 42.7 Å². The van der Waals surface area contributed by atoms with Crippen LogP contribution in [-0.2, 0) is 17.8 Å². The summed E-state index contributed by atoms with van der Waals surface area (Å²) in [4.78, 5) is 13.9. The topological polar surface area (TPSA) is 58.4 Å². The van der Waals surface area contributed by atoms with Gasteiger partial charge in [0.15, 0.2) is 0 Å². The lowest BCUT2D eigenvalue weighted by atomic mass is 9.88. The van der Waals surface area contributed by atoms with Crippen molar-refractivity contribution in [2.75, 3.05) is 13.1 Å². The van der Waals surface area contributed by atoms with E-state index in [1.807, 2.05) is 6.07 Å². The molecule has 0 radical (unpaired) electrons. The molecule has 1 saturated heterocycles. The average molecular weight is 317 g/mol. The van der Waals surface area contributed by atoms with E-state index in [2.05, 4.69) is 5.10 Å². The summed E-state index contributed by atoms with van der Waals surface area (Å²) in [6, 6.07) is 8.23. The molecule has 0 bridgehead atoms. The predicted octanol–water partition coefficient (Wildman–Crippen LogP) is 1.47. The second kappa shape index (κ2) is 6.91. The number of carbonyl (C=O) groups excluding carboxylic acids is 1. The first-order valence-corrected chi connectivity index (χ1v) is 7.79. The number of carbonyl (C=O) groups is 1. The molecule has 0 spiro atoms. The summed E-state index contributed by atoms with van der Waals surface area (Å²) in [5.74, 6) is -0.258. The molecule has 0 saturated carbocycles. The lowest BCUT2D eigenvalue weighted by Gasteiger charge is -2.36. The first kappa shape index (κ1) is 15.7. The Balaban J connectivity index is 1.55. The average Bonchev–Trinajstić information content (AvgIpc) is 3.02. The number of piperidine rings is 1. The van der Waals surface area contributed by atoms with Gasteiger partial charge in [-0.2, -0.15) is 5.10 Å². The third-order valence-electron chi connectivity index (χ3n) is 4.32. The number of likely N-dealkylation sites (tertiary alicyclic amines) is 1. The first-order chi connectivity index (χ1) is 11.1. The number of aromatic nitrogens is 2. The lowest BCUT2D eigenvalue weighted by Crippen LogP contribution is -2.48. The molecule has 2 aromatic rings. The maximum Gasteiger partial charge on any atom is 0.244 e. The molecule has 2 atom stereocenters. The quantitative estimate of drug-likeness (QED) is 0.929. The van der Waals surface area contributed by atoms with Crippen molar-refractivity contribution in [2.45, 2.75) is 25.5 Å². The predicted molar refractivity (Wildman–Crippen MR) is 83.0 cm³/mol. The van der Waals surface area contributed by atoms with E-state index in [1.165, 1.54) is 12.1 Å². The van der Waals surface area contributed by atoms with Crippen molar-refractivity contribution in [1.29, 1.82) is 0 Å². The summed E-state index contributed by atoms with van der Waals surface area (Å²) in [6.07, 6.45) is 4.12. The van der Waals surface area contributed by atoms with Gasteiger partial charge in [-0.3, -0.25) is 9.48 Å². The third-order valence-corrected chi connectivity index (χ3v) is 4.32. The molecule has 1 aliphatic heterocycles. The van der Waals surface area contributed by atoms with Crippen molar-refractivity contribution in [3.05, 3.63) is 54.1 Å². The Morgan fingerprint density at radius 1 is 1.39 bits per heavy atom. The van der Waals surface area contributed by atoms with Gasteiger partial charge in [-0.15, -0.1) is 0 Å². The molecule has 1 fully saturated rings. The molecule has 23 heavy (non-hydrogen) atoms. The minimum absolute atomic E-state index is 0.0445. The van der Waals surface area contributed by atoms with E-state index in [-0.39, 0.29) is 24.2 Å². The van der Waals surface area contributed by atoms with E-state index in [1.54, 1.807) is 34.1 Å². The van der Waals surface area contributed by atoms with Crippen LogP contribution in [-0.4, -0.2) is 44.9 Å². The van der Waals surface area contributed by atoms with Crippen molar-refractivity contribution >= 4 is 5.91 Å². The van der Waals surface area contributed by atoms with Crippen LogP contribution in [0.5, 0.6) is 0 Å². The molecule has 1 aromatic carbocycles. The summed E-state index contributed by atoms with van der Waals surface area (Å²) in [6.45, 7) is 1.12. The van der Waals surface area contributed by atoms with Gasteiger partial charge in [0.25, 0.3) is 0 Å². The van der Waals surface area contributed by atoms with E-state index < -0.39 is 6.10 Å². The van der Waals surface area contributed by atoms with E-state index in [0.29, 0.717) is 25.9 Å². The Morgan fingerprint density at radius 2 is 2.26 bits per heavy atom. The van der Waals surface area contributed by atoms with Gasteiger partial charge < -0.3 is 10.0 Å². The standard InChI is InChI=1S/C17H20FN3O2/c18-15-4-1-3-13(10-15)9-14-5-8-20(11-16(14)22)17(23)12-21-7-2-6-19-21/h1-4,6-7,10,14,16,22H,5,8-9,11-12H2/t14-,16-/m1/s1. The van der Waals surface area contributed by atoms with Crippen LogP contribution in [0.3, 0.4) is 0 Å². The highest BCUT2D eigenvalue weighted by Gasteiger charge is 2.30. The molecule has 122 valence electrons. The minimum atomic E-state index is -0.589. The number of amides is 1. The van der Waals surface area contributed by atoms with E-state index >= 15 is 0 Å².